The molecule has 70 heavy (non-hydrogen) atoms. The van der Waals surface area contributed by atoms with E-state index in [4.69, 9.17) is 9.47 Å². The Balaban J connectivity index is 0.000000175. The molecular weight excluding hydrogens is 915 g/mol. The monoisotopic (exact) mass is 936 g/mol. The first-order chi connectivity index (χ1) is 33.5. The van der Waals surface area contributed by atoms with Gasteiger partial charge in [-0.25, -0.2) is 0 Å². The fourth-order valence-electron chi connectivity index (χ4n) is 9.35. The average Bonchev–Trinajstić information content (AvgIpc) is 4.04. The van der Waals surface area contributed by atoms with Crippen molar-refractivity contribution in [3.63, 3.8) is 0 Å². The number of benzene rings is 6. The summed E-state index contributed by atoms with van der Waals surface area (Å²) in [6.45, 7) is 0. The SMILES string of the molecule is COc1ccc2c(c1)C(=C(C#N)C#N)c1c-2ccc2c1-c1ccc(OC(F)(F)F)cc1C2=C(C#N)C#N.COc1ccc2c(c1)C(=O)c1c-2ccc2c1-c1ccc(OC(F)(F)F)cc1C2=C(C#N)C#N. The van der Waals surface area contributed by atoms with Gasteiger partial charge in [0.2, 0.25) is 0 Å². The van der Waals surface area contributed by atoms with Gasteiger partial charge < -0.3 is 18.9 Å². The molecule has 11 nitrogen and oxygen atoms in total. The van der Waals surface area contributed by atoms with E-state index in [1.165, 1.54) is 26.4 Å². The summed E-state index contributed by atoms with van der Waals surface area (Å²) in [5, 5.41) is 57.9. The molecule has 0 spiro atoms. The van der Waals surface area contributed by atoms with Crippen LogP contribution in [-0.4, -0.2) is 32.7 Å². The minimum atomic E-state index is -4.94. The molecule has 0 saturated carbocycles. The molecule has 17 heteroatoms. The number of nitrogens with zero attached hydrogens (tertiary/aromatic N) is 6. The van der Waals surface area contributed by atoms with E-state index < -0.39 is 24.2 Å². The number of ether oxygens (including phenoxy) is 4. The van der Waals surface area contributed by atoms with E-state index in [1.807, 2.05) is 36.4 Å². The first-order valence-electron chi connectivity index (χ1n) is 20.2. The fourth-order valence-corrected chi connectivity index (χ4v) is 9.35. The Morgan fingerprint density at radius 2 is 0.686 bits per heavy atom. The topological polar surface area (TPSA) is 197 Å². The summed E-state index contributed by atoms with van der Waals surface area (Å²) in [7, 11) is 2.98. The molecule has 0 atom stereocenters. The Kier molecular flexibility index (Phi) is 10.7. The van der Waals surface area contributed by atoms with Gasteiger partial charge in [-0.3, -0.25) is 4.79 Å². The van der Waals surface area contributed by atoms with Crippen LogP contribution in [0.5, 0.6) is 23.0 Å². The van der Waals surface area contributed by atoms with Crippen molar-refractivity contribution in [2.75, 3.05) is 14.2 Å². The highest BCUT2D eigenvalue weighted by Gasteiger charge is 2.40. The standard InChI is InChI=1S/C28H11F3N4O2.C25H11F3N2O3/c1-36-16-2-4-18-19-6-7-21-24(14(10-32)11-33)23-9-17(37-28(29,30)31)3-5-20(23)26(21)27(19)25(22(18)8-16)15(12-34)13-35;1-32-13-2-4-15-16-6-7-18-21(12(10-29)11-30)19-9-14(33-25(26,27)28)3-5-17(19)22(18)23(16)24(31)20(15)8-13/h2-9H,1H3;2-9H,1H3. The number of hydrogen-bond acceptors (Lipinski definition) is 11. The zero-order valence-electron chi connectivity index (χ0n) is 35.7. The molecule has 0 aliphatic heterocycles. The molecule has 0 saturated heterocycles. The van der Waals surface area contributed by atoms with Crippen molar-refractivity contribution in [2.24, 2.45) is 0 Å². The van der Waals surface area contributed by atoms with Gasteiger partial charge >= 0.3 is 12.7 Å². The summed E-state index contributed by atoms with van der Waals surface area (Å²) in [6.07, 6.45) is -9.85. The number of carbonyl (C=O) groups excluding carboxylic acids is 1. The molecule has 10 rings (SSSR count). The van der Waals surface area contributed by atoms with Gasteiger partial charge in [0.05, 0.1) is 14.2 Å². The first kappa shape index (κ1) is 45.1. The summed E-state index contributed by atoms with van der Waals surface area (Å²) in [4.78, 5) is 13.4. The van der Waals surface area contributed by atoms with Gasteiger partial charge in [0.15, 0.2) is 5.78 Å². The molecule has 0 radical (unpaired) electrons. The summed E-state index contributed by atoms with van der Waals surface area (Å²) in [5.74, 6) is -0.256. The molecule has 4 aliphatic rings. The van der Waals surface area contributed by atoms with E-state index in [0.717, 1.165) is 29.8 Å². The van der Waals surface area contributed by atoms with Crippen molar-refractivity contribution in [3.8, 4) is 104 Å². The lowest BCUT2D eigenvalue weighted by Crippen LogP contribution is -2.17. The van der Waals surface area contributed by atoms with Gasteiger partial charge in [-0.2, -0.15) is 31.6 Å². The van der Waals surface area contributed by atoms with Crippen LogP contribution in [-0.2, 0) is 0 Å². The zero-order chi connectivity index (χ0) is 50.0. The predicted octanol–water partition coefficient (Wildman–Crippen LogP) is 11.9. The van der Waals surface area contributed by atoms with Crippen molar-refractivity contribution < 1.29 is 50.1 Å². The largest absolute Gasteiger partial charge is 0.573 e. The molecule has 0 amide bonds. The molecule has 6 aromatic carbocycles. The summed E-state index contributed by atoms with van der Waals surface area (Å²) in [5.41, 5.74) is 7.72. The molecule has 0 N–H and O–H groups in total. The van der Waals surface area contributed by atoms with Crippen LogP contribution in [0.4, 0.5) is 26.3 Å². The number of alkyl halides is 6. The van der Waals surface area contributed by atoms with Gasteiger partial charge in [-0.05, 0) is 121 Å². The van der Waals surface area contributed by atoms with Crippen molar-refractivity contribution in [2.45, 2.75) is 12.7 Å². The Morgan fingerprint density at radius 3 is 1.11 bits per heavy atom. The first-order valence-corrected chi connectivity index (χ1v) is 20.2. The number of methoxy groups -OCH3 is 2. The summed E-state index contributed by atoms with van der Waals surface area (Å²) in [6, 6.07) is 35.7. The fraction of sp³-hybridized carbons (Fsp3) is 0.0755. The lowest BCUT2D eigenvalue weighted by atomic mass is 9.90. The number of hydrogen-bond donors (Lipinski definition) is 0. The third kappa shape index (κ3) is 7.16. The third-order valence-electron chi connectivity index (χ3n) is 11.9. The van der Waals surface area contributed by atoms with Crippen LogP contribution < -0.4 is 18.9 Å². The maximum atomic E-state index is 13.4. The van der Waals surface area contributed by atoms with Crippen molar-refractivity contribution in [1.29, 1.82) is 31.6 Å². The number of nitriles is 6. The molecule has 0 unspecified atom stereocenters. The Labute approximate surface area is 392 Å². The number of allylic oxidation sites excluding steroid dienone is 3. The second-order valence-electron chi connectivity index (χ2n) is 15.4. The van der Waals surface area contributed by atoms with Crippen LogP contribution in [0.2, 0.25) is 0 Å². The maximum absolute atomic E-state index is 13.4. The Bertz CT molecular complexity index is 3720. The van der Waals surface area contributed by atoms with E-state index in [9.17, 15) is 62.7 Å². The van der Waals surface area contributed by atoms with Crippen LogP contribution in [0.15, 0.2) is 114 Å². The van der Waals surface area contributed by atoms with Crippen LogP contribution in [0.25, 0.3) is 61.2 Å². The van der Waals surface area contributed by atoms with E-state index in [2.05, 4.69) is 9.47 Å². The van der Waals surface area contributed by atoms with Crippen LogP contribution >= 0.6 is 0 Å². The average molecular weight is 937 g/mol. The quantitative estimate of drug-likeness (QED) is 0.120. The lowest BCUT2D eigenvalue weighted by Gasteiger charge is -2.12. The summed E-state index contributed by atoms with van der Waals surface area (Å²) < 4.78 is 95.9. The normalized spacial score (nSPS) is 12.4. The van der Waals surface area contributed by atoms with Gasteiger partial charge in [0.25, 0.3) is 0 Å². The number of halogens is 6. The minimum Gasteiger partial charge on any atom is -0.497 e. The molecule has 0 bridgehead atoms. The molecule has 6 aromatic rings. The van der Waals surface area contributed by atoms with Gasteiger partial charge in [-0.15, -0.1) is 26.3 Å². The van der Waals surface area contributed by atoms with Gasteiger partial charge in [0, 0.05) is 39.0 Å². The highest BCUT2D eigenvalue weighted by atomic mass is 19.4. The molecule has 0 aromatic heterocycles. The lowest BCUT2D eigenvalue weighted by molar-refractivity contribution is -0.275. The number of rotatable bonds is 4. The van der Waals surface area contributed by atoms with E-state index in [1.54, 1.807) is 60.7 Å². The van der Waals surface area contributed by atoms with Crippen molar-refractivity contribution in [3.05, 3.63) is 158 Å². The highest BCUT2D eigenvalue weighted by molar-refractivity contribution is 6.27. The highest BCUT2D eigenvalue weighted by Crippen LogP contribution is 2.58. The zero-order valence-corrected chi connectivity index (χ0v) is 35.7. The van der Waals surface area contributed by atoms with Crippen molar-refractivity contribution in [1.82, 2.24) is 0 Å². The van der Waals surface area contributed by atoms with Crippen LogP contribution in [0.3, 0.4) is 0 Å². The Hall–Kier alpha value is -10.1. The number of carbonyl (C=O) groups is 1. The summed E-state index contributed by atoms with van der Waals surface area (Å²) >= 11 is 0. The molecule has 4 aliphatic carbocycles. The van der Waals surface area contributed by atoms with Crippen molar-refractivity contribution >= 4 is 22.5 Å². The van der Waals surface area contributed by atoms with E-state index in [0.29, 0.717) is 89.4 Å². The van der Waals surface area contributed by atoms with E-state index >= 15 is 0 Å². The second-order valence-corrected chi connectivity index (χ2v) is 15.4. The predicted molar refractivity (Wildman–Crippen MR) is 236 cm³/mol. The number of fused-ring (bicyclic) bond motifs is 14. The minimum absolute atomic E-state index is 0.147. The van der Waals surface area contributed by atoms with Crippen LogP contribution in [0.1, 0.15) is 49.3 Å². The molecule has 0 fully saturated rings. The molecule has 336 valence electrons. The van der Waals surface area contributed by atoms with E-state index in [-0.39, 0.29) is 44.8 Å². The maximum Gasteiger partial charge on any atom is 0.573 e. The Morgan fingerprint density at radius 1 is 0.371 bits per heavy atom. The van der Waals surface area contributed by atoms with Gasteiger partial charge in [-0.1, -0.05) is 42.5 Å². The number of ketones is 1. The molecular formula is C53H22F6N6O5. The smallest absolute Gasteiger partial charge is 0.497 e. The second kappa shape index (κ2) is 16.7. The third-order valence-corrected chi connectivity index (χ3v) is 11.9. The van der Waals surface area contributed by atoms with Crippen LogP contribution in [0, 0.1) is 68.0 Å². The van der Waals surface area contributed by atoms with Gasteiger partial charge in [0.1, 0.15) is 76.1 Å². The molecule has 0 heterocycles.